The van der Waals surface area contributed by atoms with Crippen LogP contribution in [0.1, 0.15) is 19.0 Å². The summed E-state index contributed by atoms with van der Waals surface area (Å²) in [5, 5.41) is 3.04. The quantitative estimate of drug-likeness (QED) is 0.802. The van der Waals surface area contributed by atoms with Gasteiger partial charge >= 0.3 is 0 Å². The second-order valence-corrected chi connectivity index (χ2v) is 6.25. The van der Waals surface area contributed by atoms with Gasteiger partial charge in [0.15, 0.2) is 0 Å². The Hall–Kier alpha value is -1.93. The largest absolute Gasteiger partial charge is 0.349 e. The standard InChI is InChI=1S/C13H19N5O2S/c1-3-7-18-10-12(8-11(18)9-14-2)21(19,20)17-13-15-5-4-6-16-13/h4-6,8,10,14H,3,7,9H2,1-2H3,(H,15,16,17). The second-order valence-electron chi connectivity index (χ2n) is 4.57. The second kappa shape index (κ2) is 6.68. The zero-order valence-electron chi connectivity index (χ0n) is 12.1. The highest BCUT2D eigenvalue weighted by Crippen LogP contribution is 2.17. The van der Waals surface area contributed by atoms with Crippen LogP contribution in [-0.4, -0.2) is 30.0 Å². The van der Waals surface area contributed by atoms with E-state index in [9.17, 15) is 8.42 Å². The van der Waals surface area contributed by atoms with E-state index in [1.165, 1.54) is 12.4 Å². The third kappa shape index (κ3) is 3.79. The van der Waals surface area contributed by atoms with Crippen LogP contribution in [0.2, 0.25) is 0 Å². The molecule has 0 aliphatic rings. The molecule has 0 amide bonds. The van der Waals surface area contributed by atoms with E-state index < -0.39 is 10.0 Å². The number of hydrogen-bond acceptors (Lipinski definition) is 5. The predicted octanol–water partition coefficient (Wildman–Crippen LogP) is 1.21. The highest BCUT2D eigenvalue weighted by molar-refractivity contribution is 7.92. The minimum absolute atomic E-state index is 0.0657. The van der Waals surface area contributed by atoms with Crippen molar-refractivity contribution in [2.24, 2.45) is 0 Å². The summed E-state index contributed by atoms with van der Waals surface area (Å²) in [5.41, 5.74) is 0.925. The van der Waals surface area contributed by atoms with E-state index in [1.807, 2.05) is 18.5 Å². The van der Waals surface area contributed by atoms with Crippen LogP contribution in [0.5, 0.6) is 0 Å². The zero-order chi connectivity index (χ0) is 15.3. The Morgan fingerprint density at radius 2 is 2.00 bits per heavy atom. The van der Waals surface area contributed by atoms with Crippen LogP contribution < -0.4 is 10.0 Å². The van der Waals surface area contributed by atoms with Gasteiger partial charge in [0.2, 0.25) is 5.95 Å². The fourth-order valence-corrected chi connectivity index (χ4v) is 3.00. The molecule has 0 radical (unpaired) electrons. The molecule has 0 atom stereocenters. The molecule has 0 saturated heterocycles. The molecule has 8 heteroatoms. The van der Waals surface area contributed by atoms with Crippen LogP contribution >= 0.6 is 0 Å². The maximum absolute atomic E-state index is 12.4. The fraction of sp³-hybridized carbons (Fsp3) is 0.385. The number of sulfonamides is 1. The first-order valence-corrected chi connectivity index (χ1v) is 8.18. The van der Waals surface area contributed by atoms with Crippen LogP contribution in [0.25, 0.3) is 0 Å². The number of nitrogens with one attached hydrogen (secondary N) is 2. The summed E-state index contributed by atoms with van der Waals surface area (Å²) in [6.07, 6.45) is 5.54. The van der Waals surface area contributed by atoms with E-state index in [0.29, 0.717) is 6.54 Å². The molecule has 0 aliphatic carbocycles. The van der Waals surface area contributed by atoms with Crippen LogP contribution in [0.15, 0.2) is 35.6 Å². The molecule has 0 aliphatic heterocycles. The van der Waals surface area contributed by atoms with Crippen molar-refractivity contribution in [1.29, 1.82) is 0 Å². The molecule has 2 aromatic rings. The summed E-state index contributed by atoms with van der Waals surface area (Å²) in [5.74, 6) is 0.0657. The lowest BCUT2D eigenvalue weighted by molar-refractivity contribution is 0.599. The molecule has 0 fully saturated rings. The Balaban J connectivity index is 2.29. The van der Waals surface area contributed by atoms with Crippen molar-refractivity contribution in [2.75, 3.05) is 11.8 Å². The average molecular weight is 309 g/mol. The first kappa shape index (κ1) is 15.5. The Bertz CT molecular complexity index is 658. The molecule has 0 unspecified atom stereocenters. The van der Waals surface area contributed by atoms with Crippen LogP contribution in [0, 0.1) is 0 Å². The Labute approximate surface area is 124 Å². The van der Waals surface area contributed by atoms with Crippen molar-refractivity contribution in [3.05, 3.63) is 36.4 Å². The van der Waals surface area contributed by atoms with Crippen molar-refractivity contribution >= 4 is 16.0 Å². The van der Waals surface area contributed by atoms with Gasteiger partial charge in [0.25, 0.3) is 10.0 Å². The number of rotatable bonds is 7. The normalized spacial score (nSPS) is 11.5. The molecule has 2 aromatic heterocycles. The van der Waals surface area contributed by atoms with Crippen LogP contribution in [0.3, 0.4) is 0 Å². The van der Waals surface area contributed by atoms with Gasteiger partial charge in [-0.05, 0) is 25.6 Å². The predicted molar refractivity (Wildman–Crippen MR) is 80.3 cm³/mol. The van der Waals surface area contributed by atoms with Gasteiger partial charge in [-0.1, -0.05) is 6.92 Å². The van der Waals surface area contributed by atoms with E-state index >= 15 is 0 Å². The molecule has 0 aromatic carbocycles. The van der Waals surface area contributed by atoms with E-state index in [1.54, 1.807) is 18.3 Å². The molecule has 2 heterocycles. The molecule has 2 rings (SSSR count). The minimum atomic E-state index is -3.68. The van der Waals surface area contributed by atoms with E-state index in [-0.39, 0.29) is 10.8 Å². The van der Waals surface area contributed by atoms with E-state index in [2.05, 4.69) is 20.0 Å². The van der Waals surface area contributed by atoms with Crippen molar-refractivity contribution in [2.45, 2.75) is 31.3 Å². The van der Waals surface area contributed by atoms with Gasteiger partial charge in [-0.3, -0.25) is 0 Å². The summed E-state index contributed by atoms with van der Waals surface area (Å²) in [6.45, 7) is 3.43. The van der Waals surface area contributed by atoms with Gasteiger partial charge in [-0.25, -0.2) is 23.1 Å². The van der Waals surface area contributed by atoms with E-state index in [0.717, 1.165) is 18.7 Å². The molecule has 2 N–H and O–H groups in total. The summed E-state index contributed by atoms with van der Waals surface area (Å²) in [4.78, 5) is 7.96. The number of nitrogens with zero attached hydrogens (tertiary/aromatic N) is 3. The topological polar surface area (TPSA) is 88.9 Å². The molecule has 0 spiro atoms. The zero-order valence-corrected chi connectivity index (χ0v) is 12.9. The summed E-state index contributed by atoms with van der Waals surface area (Å²) >= 11 is 0. The molecular weight excluding hydrogens is 290 g/mol. The molecule has 7 nitrogen and oxygen atoms in total. The molecule has 0 saturated carbocycles. The third-order valence-electron chi connectivity index (χ3n) is 2.88. The molecule has 114 valence electrons. The number of aromatic nitrogens is 3. The minimum Gasteiger partial charge on any atom is -0.349 e. The van der Waals surface area contributed by atoms with Crippen molar-refractivity contribution in [1.82, 2.24) is 19.9 Å². The fourth-order valence-electron chi connectivity index (χ4n) is 1.98. The number of hydrogen-bond donors (Lipinski definition) is 2. The van der Waals surface area contributed by atoms with Crippen LogP contribution in [0.4, 0.5) is 5.95 Å². The van der Waals surface area contributed by atoms with Crippen LogP contribution in [-0.2, 0) is 23.1 Å². The molecule has 0 bridgehead atoms. The highest BCUT2D eigenvalue weighted by atomic mass is 32.2. The lowest BCUT2D eigenvalue weighted by atomic mass is 10.4. The number of aryl methyl sites for hydroxylation is 1. The lowest BCUT2D eigenvalue weighted by Gasteiger charge is -2.06. The first-order chi connectivity index (χ1) is 10.1. The van der Waals surface area contributed by atoms with Gasteiger partial charge in [0.1, 0.15) is 4.90 Å². The smallest absolute Gasteiger partial charge is 0.265 e. The number of anilines is 1. The van der Waals surface area contributed by atoms with Gasteiger partial charge in [0.05, 0.1) is 0 Å². The van der Waals surface area contributed by atoms with E-state index in [4.69, 9.17) is 0 Å². The summed E-state index contributed by atoms with van der Waals surface area (Å²) in [7, 11) is -1.85. The van der Waals surface area contributed by atoms with Crippen molar-refractivity contribution in [3.63, 3.8) is 0 Å². The molecule has 21 heavy (non-hydrogen) atoms. The maximum atomic E-state index is 12.4. The van der Waals surface area contributed by atoms with Gasteiger partial charge in [0, 0.05) is 37.4 Å². The van der Waals surface area contributed by atoms with Crippen molar-refractivity contribution in [3.8, 4) is 0 Å². The SMILES string of the molecule is CCCn1cc(S(=O)(=O)Nc2ncccn2)cc1CNC. The van der Waals surface area contributed by atoms with Crippen molar-refractivity contribution < 1.29 is 8.42 Å². The highest BCUT2D eigenvalue weighted by Gasteiger charge is 2.19. The van der Waals surface area contributed by atoms with Gasteiger partial charge < -0.3 is 9.88 Å². The lowest BCUT2D eigenvalue weighted by Crippen LogP contribution is -2.14. The molecular formula is C13H19N5O2S. The van der Waals surface area contributed by atoms with Gasteiger partial charge in [-0.2, -0.15) is 0 Å². The Kier molecular flexibility index (Phi) is 4.92. The Morgan fingerprint density at radius 1 is 1.29 bits per heavy atom. The Morgan fingerprint density at radius 3 is 2.62 bits per heavy atom. The average Bonchev–Trinajstić information content (AvgIpc) is 2.85. The first-order valence-electron chi connectivity index (χ1n) is 6.70. The maximum Gasteiger partial charge on any atom is 0.265 e. The van der Waals surface area contributed by atoms with Gasteiger partial charge in [-0.15, -0.1) is 0 Å². The summed E-state index contributed by atoms with van der Waals surface area (Å²) in [6, 6.07) is 3.29. The summed E-state index contributed by atoms with van der Waals surface area (Å²) < 4.78 is 29.0. The monoisotopic (exact) mass is 309 g/mol. The third-order valence-corrected chi connectivity index (χ3v) is 4.18.